The van der Waals surface area contributed by atoms with Crippen LogP contribution in [0.1, 0.15) is 25.8 Å². The normalized spacial score (nSPS) is 12.0. The summed E-state index contributed by atoms with van der Waals surface area (Å²) in [7, 11) is 1.49. The molecule has 0 spiro atoms. The quantitative estimate of drug-likeness (QED) is 0.452. The van der Waals surface area contributed by atoms with E-state index in [4.69, 9.17) is 21.1 Å². The molecule has 0 N–H and O–H groups in total. The van der Waals surface area contributed by atoms with Crippen molar-refractivity contribution in [3.05, 3.63) is 27.8 Å². The lowest BCUT2D eigenvalue weighted by Gasteiger charge is -2.16. The number of hydrogen-bond acceptors (Lipinski definition) is 4. The second-order valence-electron chi connectivity index (χ2n) is 3.86. The van der Waals surface area contributed by atoms with Gasteiger partial charge < -0.3 is 9.47 Å². The van der Waals surface area contributed by atoms with Gasteiger partial charge in [0.05, 0.1) is 30.1 Å². The third-order valence-corrected chi connectivity index (χ3v) is 2.90. The molecule has 1 rings (SSSR count). The smallest absolute Gasteiger partial charge is 0.277 e. The van der Waals surface area contributed by atoms with E-state index in [9.17, 15) is 10.1 Å². The fraction of sp³-hybridized carbons (Fsp3) is 0.500. The van der Waals surface area contributed by atoms with Crippen LogP contribution in [-0.4, -0.2) is 18.1 Å². The number of hydrogen-bond donors (Lipinski definition) is 0. The maximum atomic E-state index is 10.9. The van der Waals surface area contributed by atoms with Crippen LogP contribution < -0.4 is 9.47 Å². The van der Waals surface area contributed by atoms with Crippen molar-refractivity contribution >= 4 is 17.3 Å². The van der Waals surface area contributed by atoms with Crippen LogP contribution in [0.2, 0.25) is 0 Å². The molecule has 0 saturated heterocycles. The van der Waals surface area contributed by atoms with Crippen LogP contribution in [0.4, 0.5) is 5.69 Å². The number of rotatable bonds is 6. The molecule has 0 fully saturated rings. The Hall–Kier alpha value is -1.49. The molecule has 0 aliphatic rings. The minimum Gasteiger partial charge on any atom is -0.493 e. The van der Waals surface area contributed by atoms with Crippen molar-refractivity contribution in [1.82, 2.24) is 0 Å². The first-order valence-electron chi connectivity index (χ1n) is 5.61. The largest absolute Gasteiger partial charge is 0.493 e. The predicted molar refractivity (Wildman–Crippen MR) is 69.6 cm³/mol. The Bertz CT molecular complexity index is 436. The average Bonchev–Trinajstić information content (AvgIpc) is 2.37. The van der Waals surface area contributed by atoms with Gasteiger partial charge in [-0.15, -0.1) is 11.6 Å². The minimum atomic E-state index is -0.472. The Labute approximate surface area is 111 Å². The van der Waals surface area contributed by atoms with E-state index in [0.717, 1.165) is 6.42 Å². The third kappa shape index (κ3) is 3.26. The highest BCUT2D eigenvalue weighted by Gasteiger charge is 2.19. The zero-order valence-corrected chi connectivity index (χ0v) is 11.4. The van der Waals surface area contributed by atoms with Crippen molar-refractivity contribution in [3.8, 4) is 11.5 Å². The third-order valence-electron chi connectivity index (χ3n) is 2.61. The van der Waals surface area contributed by atoms with E-state index in [1.54, 1.807) is 6.07 Å². The predicted octanol–water partition coefficient (Wildman–Crippen LogP) is 3.52. The maximum Gasteiger partial charge on any atom is 0.277 e. The highest BCUT2D eigenvalue weighted by atomic mass is 35.5. The number of alkyl halides is 1. The van der Waals surface area contributed by atoms with Gasteiger partial charge in [0.1, 0.15) is 0 Å². The summed E-state index contributed by atoms with van der Waals surface area (Å²) < 4.78 is 10.8. The average molecular weight is 274 g/mol. The van der Waals surface area contributed by atoms with Crippen LogP contribution in [0.3, 0.4) is 0 Å². The highest BCUT2D eigenvalue weighted by Crippen LogP contribution is 2.36. The van der Waals surface area contributed by atoms with Crippen LogP contribution in [0.5, 0.6) is 11.5 Å². The molecule has 1 atom stereocenters. The molecule has 0 amide bonds. The van der Waals surface area contributed by atoms with Crippen LogP contribution >= 0.6 is 11.6 Å². The molecule has 0 aliphatic heterocycles. The number of ether oxygens (including phenoxy) is 2. The van der Waals surface area contributed by atoms with Crippen molar-refractivity contribution in [2.75, 3.05) is 7.11 Å². The van der Waals surface area contributed by atoms with Gasteiger partial charge in [-0.1, -0.05) is 6.92 Å². The zero-order valence-electron chi connectivity index (χ0n) is 10.6. The Morgan fingerprint density at radius 2 is 2.11 bits per heavy atom. The topological polar surface area (TPSA) is 61.6 Å². The van der Waals surface area contributed by atoms with Crippen molar-refractivity contribution in [1.29, 1.82) is 0 Å². The number of nitrogens with zero attached hydrogens (tertiary/aromatic N) is 1. The standard InChI is InChI=1S/C12H16ClNO4/c1-4-8(2)18-12-6-10(14(15)16)9(7-13)5-11(12)17-3/h5-6,8H,4,7H2,1-3H3. The van der Waals surface area contributed by atoms with Gasteiger partial charge in [-0.05, 0) is 19.4 Å². The Morgan fingerprint density at radius 3 is 2.56 bits per heavy atom. The van der Waals surface area contributed by atoms with Crippen molar-refractivity contribution in [2.24, 2.45) is 0 Å². The molecule has 1 aromatic rings. The summed E-state index contributed by atoms with van der Waals surface area (Å²) in [6.07, 6.45) is 0.758. The molecule has 6 heteroatoms. The second kappa shape index (κ2) is 6.44. The fourth-order valence-corrected chi connectivity index (χ4v) is 1.63. The molecular weight excluding hydrogens is 258 g/mol. The molecule has 18 heavy (non-hydrogen) atoms. The Morgan fingerprint density at radius 1 is 1.44 bits per heavy atom. The van der Waals surface area contributed by atoms with Crippen molar-refractivity contribution in [2.45, 2.75) is 32.3 Å². The number of benzene rings is 1. The Balaban J connectivity index is 3.23. The van der Waals surface area contributed by atoms with E-state index in [1.807, 2.05) is 13.8 Å². The summed E-state index contributed by atoms with van der Waals surface area (Å²) in [6, 6.07) is 2.91. The van der Waals surface area contributed by atoms with E-state index in [1.165, 1.54) is 13.2 Å². The monoisotopic (exact) mass is 273 g/mol. The molecule has 1 unspecified atom stereocenters. The van der Waals surface area contributed by atoms with Gasteiger partial charge >= 0.3 is 0 Å². The summed E-state index contributed by atoms with van der Waals surface area (Å²) in [5, 5.41) is 10.9. The first-order valence-corrected chi connectivity index (χ1v) is 6.14. The van der Waals surface area contributed by atoms with E-state index >= 15 is 0 Å². The van der Waals surface area contributed by atoms with Crippen molar-refractivity contribution in [3.63, 3.8) is 0 Å². The van der Waals surface area contributed by atoms with E-state index in [0.29, 0.717) is 17.1 Å². The van der Waals surface area contributed by atoms with Crippen LogP contribution in [-0.2, 0) is 5.88 Å². The van der Waals surface area contributed by atoms with E-state index in [2.05, 4.69) is 0 Å². The molecule has 1 aromatic carbocycles. The molecule has 0 bridgehead atoms. The van der Waals surface area contributed by atoms with Gasteiger partial charge in [0.15, 0.2) is 11.5 Å². The molecule has 0 saturated carbocycles. The summed E-state index contributed by atoms with van der Waals surface area (Å²) in [5.41, 5.74) is 0.360. The number of nitro benzene ring substituents is 1. The van der Waals surface area contributed by atoms with Crippen LogP contribution in [0.15, 0.2) is 12.1 Å². The van der Waals surface area contributed by atoms with Gasteiger partial charge in [-0.25, -0.2) is 0 Å². The Kier molecular flexibility index (Phi) is 5.22. The lowest BCUT2D eigenvalue weighted by molar-refractivity contribution is -0.385. The van der Waals surface area contributed by atoms with Gasteiger partial charge in [-0.3, -0.25) is 10.1 Å². The van der Waals surface area contributed by atoms with Crippen LogP contribution in [0.25, 0.3) is 0 Å². The van der Waals surface area contributed by atoms with E-state index < -0.39 is 4.92 Å². The summed E-state index contributed by atoms with van der Waals surface area (Å²) >= 11 is 5.69. The van der Waals surface area contributed by atoms with Gasteiger partial charge in [-0.2, -0.15) is 0 Å². The first kappa shape index (κ1) is 14.6. The molecule has 0 heterocycles. The fourth-order valence-electron chi connectivity index (χ4n) is 1.42. The van der Waals surface area contributed by atoms with Gasteiger partial charge in [0.25, 0.3) is 5.69 Å². The lowest BCUT2D eigenvalue weighted by atomic mass is 10.1. The maximum absolute atomic E-state index is 10.9. The highest BCUT2D eigenvalue weighted by molar-refractivity contribution is 6.17. The summed E-state index contributed by atoms with van der Waals surface area (Å²) in [4.78, 5) is 10.5. The molecule has 0 aromatic heterocycles. The summed E-state index contributed by atoms with van der Waals surface area (Å²) in [5.74, 6) is 0.875. The van der Waals surface area contributed by atoms with Gasteiger partial charge in [0.2, 0.25) is 0 Å². The molecule has 100 valence electrons. The first-order chi connectivity index (χ1) is 8.53. The number of halogens is 1. The summed E-state index contributed by atoms with van der Waals surface area (Å²) in [6.45, 7) is 3.86. The lowest BCUT2D eigenvalue weighted by Crippen LogP contribution is -2.11. The van der Waals surface area contributed by atoms with Crippen LogP contribution in [0, 0.1) is 10.1 Å². The zero-order chi connectivity index (χ0) is 13.7. The second-order valence-corrected chi connectivity index (χ2v) is 4.13. The minimum absolute atomic E-state index is 0.0413. The molecular formula is C12H16ClNO4. The number of methoxy groups -OCH3 is 1. The van der Waals surface area contributed by atoms with Crippen molar-refractivity contribution < 1.29 is 14.4 Å². The van der Waals surface area contributed by atoms with Gasteiger partial charge in [0, 0.05) is 5.56 Å². The molecule has 5 nitrogen and oxygen atoms in total. The van der Waals surface area contributed by atoms with E-state index in [-0.39, 0.29) is 17.7 Å². The SMILES string of the molecule is CCC(C)Oc1cc([N+](=O)[O-])c(CCl)cc1OC. The number of nitro groups is 1. The molecule has 0 radical (unpaired) electrons. The molecule has 0 aliphatic carbocycles.